The van der Waals surface area contributed by atoms with Crippen molar-refractivity contribution < 1.29 is 19.1 Å². The number of carbonyl (C=O) groups excluding carboxylic acids is 2. The van der Waals surface area contributed by atoms with Crippen molar-refractivity contribution in [2.75, 3.05) is 27.3 Å². The Kier molecular flexibility index (Phi) is 6.17. The van der Waals surface area contributed by atoms with Crippen LogP contribution < -0.4 is 0 Å². The van der Waals surface area contributed by atoms with Gasteiger partial charge in [0.25, 0.3) is 0 Å². The fraction of sp³-hybridized carbons (Fsp3) is 0.600. The van der Waals surface area contributed by atoms with Gasteiger partial charge in [0.2, 0.25) is 0 Å². The van der Waals surface area contributed by atoms with Crippen LogP contribution in [0.25, 0.3) is 0 Å². The van der Waals surface area contributed by atoms with Crippen molar-refractivity contribution in [3.8, 4) is 0 Å². The first kappa shape index (κ1) is 13.5. The maximum Gasteiger partial charge on any atom is 0.347 e. The van der Waals surface area contributed by atoms with E-state index < -0.39 is 11.9 Å². The molecule has 0 rings (SSSR count). The highest BCUT2D eigenvalue weighted by molar-refractivity contribution is 6.13. The first-order chi connectivity index (χ1) is 7.02. The van der Waals surface area contributed by atoms with Crippen LogP contribution in [0.5, 0.6) is 0 Å². The van der Waals surface area contributed by atoms with Gasteiger partial charge in [-0.3, -0.25) is 0 Å². The summed E-state index contributed by atoms with van der Waals surface area (Å²) in [7, 11) is 3.41. The summed E-state index contributed by atoms with van der Waals surface area (Å²) in [6.45, 7) is 3.80. The smallest absolute Gasteiger partial charge is 0.347 e. The minimum absolute atomic E-state index is 0.0938. The highest BCUT2D eigenvalue weighted by atomic mass is 16.6. The van der Waals surface area contributed by atoms with Crippen molar-refractivity contribution in [1.29, 1.82) is 0 Å². The van der Waals surface area contributed by atoms with Gasteiger partial charge in [0.05, 0.1) is 13.2 Å². The minimum Gasteiger partial charge on any atom is -0.462 e. The molecule has 0 saturated carbocycles. The van der Waals surface area contributed by atoms with E-state index in [1.54, 1.807) is 32.8 Å². The van der Waals surface area contributed by atoms with Crippen molar-refractivity contribution in [2.45, 2.75) is 13.8 Å². The zero-order chi connectivity index (χ0) is 11.8. The van der Waals surface area contributed by atoms with Gasteiger partial charge < -0.3 is 14.4 Å². The summed E-state index contributed by atoms with van der Waals surface area (Å²) < 4.78 is 9.48. The molecule has 0 radical (unpaired) electrons. The molecule has 5 heteroatoms. The van der Waals surface area contributed by atoms with Gasteiger partial charge >= 0.3 is 11.9 Å². The van der Waals surface area contributed by atoms with E-state index in [-0.39, 0.29) is 18.8 Å². The van der Waals surface area contributed by atoms with Gasteiger partial charge in [-0.15, -0.1) is 0 Å². The second kappa shape index (κ2) is 6.86. The average molecular weight is 215 g/mol. The molecule has 0 atom stereocenters. The lowest BCUT2D eigenvalue weighted by molar-refractivity contribution is -0.146. The van der Waals surface area contributed by atoms with E-state index in [4.69, 9.17) is 9.47 Å². The van der Waals surface area contributed by atoms with Crippen molar-refractivity contribution >= 4 is 11.9 Å². The third kappa shape index (κ3) is 5.05. The minimum atomic E-state index is -0.662. The van der Waals surface area contributed by atoms with Gasteiger partial charge in [0, 0.05) is 20.3 Å². The Balaban J connectivity index is 4.73. The molecule has 0 saturated heterocycles. The number of rotatable bonds is 5. The fourth-order valence-electron chi connectivity index (χ4n) is 0.865. The van der Waals surface area contributed by atoms with Crippen LogP contribution in [0.1, 0.15) is 13.8 Å². The first-order valence-corrected chi connectivity index (χ1v) is 4.75. The maximum atomic E-state index is 11.4. The lowest BCUT2D eigenvalue weighted by Gasteiger charge is -2.10. The molecule has 0 aromatic rings. The third-order valence-electron chi connectivity index (χ3n) is 1.38. The average Bonchev–Trinajstić information content (AvgIpc) is 2.14. The molecule has 0 spiro atoms. The molecule has 15 heavy (non-hydrogen) atoms. The van der Waals surface area contributed by atoms with Crippen LogP contribution in [0.3, 0.4) is 0 Å². The van der Waals surface area contributed by atoms with Crippen LogP contribution in [0.4, 0.5) is 0 Å². The molecule has 0 amide bonds. The van der Waals surface area contributed by atoms with Crippen LogP contribution >= 0.6 is 0 Å². The zero-order valence-corrected chi connectivity index (χ0v) is 9.57. The Morgan fingerprint density at radius 2 is 1.47 bits per heavy atom. The normalized spacial score (nSPS) is 9.07. The highest BCUT2D eigenvalue weighted by Gasteiger charge is 2.21. The zero-order valence-electron chi connectivity index (χ0n) is 9.57. The van der Waals surface area contributed by atoms with Crippen molar-refractivity contribution in [3.63, 3.8) is 0 Å². The molecule has 0 N–H and O–H groups in total. The molecule has 5 nitrogen and oxygen atoms in total. The van der Waals surface area contributed by atoms with E-state index in [1.807, 2.05) is 0 Å². The van der Waals surface area contributed by atoms with Crippen LogP contribution in [-0.4, -0.2) is 44.1 Å². The molecule has 0 bridgehead atoms. The predicted octanol–water partition coefficient (Wildman–Crippen LogP) is 0.558. The summed E-state index contributed by atoms with van der Waals surface area (Å²) in [5.41, 5.74) is -0.0938. The molecule has 0 fully saturated rings. The van der Waals surface area contributed by atoms with Gasteiger partial charge in [0.15, 0.2) is 5.57 Å². The van der Waals surface area contributed by atoms with Gasteiger partial charge in [0.1, 0.15) is 0 Å². The van der Waals surface area contributed by atoms with Crippen molar-refractivity contribution in [1.82, 2.24) is 4.90 Å². The number of hydrogen-bond donors (Lipinski definition) is 0. The largest absolute Gasteiger partial charge is 0.462 e. The fourth-order valence-corrected chi connectivity index (χ4v) is 0.865. The van der Waals surface area contributed by atoms with Crippen LogP contribution in [0.15, 0.2) is 11.8 Å². The number of ether oxygens (including phenoxy) is 2. The Bertz CT molecular complexity index is 238. The van der Waals surface area contributed by atoms with E-state index in [0.29, 0.717) is 0 Å². The number of carbonyl (C=O) groups is 2. The monoisotopic (exact) mass is 215 g/mol. The van der Waals surface area contributed by atoms with Gasteiger partial charge in [-0.1, -0.05) is 0 Å². The van der Waals surface area contributed by atoms with Crippen LogP contribution in [0, 0.1) is 0 Å². The molecule has 0 heterocycles. The van der Waals surface area contributed by atoms with Crippen LogP contribution in [-0.2, 0) is 19.1 Å². The standard InChI is InChI=1S/C10H17NO4/c1-5-14-9(12)8(7-11(3)4)10(13)15-6-2/h7H,5-6H2,1-4H3. The molecule has 86 valence electrons. The summed E-state index contributed by atoms with van der Waals surface area (Å²) >= 11 is 0. The van der Waals surface area contributed by atoms with E-state index in [0.717, 1.165) is 0 Å². The molecule has 0 unspecified atom stereocenters. The van der Waals surface area contributed by atoms with Gasteiger partial charge in [-0.25, -0.2) is 9.59 Å². The summed E-state index contributed by atoms with van der Waals surface area (Å²) in [4.78, 5) is 24.3. The van der Waals surface area contributed by atoms with Crippen molar-refractivity contribution in [3.05, 3.63) is 11.8 Å². The second-order valence-electron chi connectivity index (χ2n) is 2.95. The summed E-state index contributed by atoms with van der Waals surface area (Å²) in [5, 5.41) is 0. The second-order valence-corrected chi connectivity index (χ2v) is 2.95. The molecule has 0 aromatic carbocycles. The topological polar surface area (TPSA) is 55.8 Å². The SMILES string of the molecule is CCOC(=O)C(=CN(C)C)C(=O)OCC. The third-order valence-corrected chi connectivity index (χ3v) is 1.38. The first-order valence-electron chi connectivity index (χ1n) is 4.75. The molecule has 0 aliphatic rings. The highest BCUT2D eigenvalue weighted by Crippen LogP contribution is 2.03. The van der Waals surface area contributed by atoms with E-state index in [1.165, 1.54) is 6.20 Å². The Morgan fingerprint density at radius 1 is 1.07 bits per heavy atom. The van der Waals surface area contributed by atoms with E-state index >= 15 is 0 Å². The van der Waals surface area contributed by atoms with Gasteiger partial charge in [-0.2, -0.15) is 0 Å². The molecular weight excluding hydrogens is 198 g/mol. The summed E-state index contributed by atoms with van der Waals surface area (Å²) in [6.07, 6.45) is 1.38. The molecular formula is C10H17NO4. The maximum absolute atomic E-state index is 11.4. The lowest BCUT2D eigenvalue weighted by Crippen LogP contribution is -2.21. The molecule has 0 aliphatic carbocycles. The Hall–Kier alpha value is -1.52. The Labute approximate surface area is 89.6 Å². The summed E-state index contributed by atoms with van der Waals surface area (Å²) in [6, 6.07) is 0. The lowest BCUT2D eigenvalue weighted by atomic mass is 10.3. The molecule has 0 aliphatic heterocycles. The summed E-state index contributed by atoms with van der Waals surface area (Å²) in [5.74, 6) is -1.32. The predicted molar refractivity (Wildman–Crippen MR) is 55.0 cm³/mol. The van der Waals surface area contributed by atoms with Crippen LogP contribution in [0.2, 0.25) is 0 Å². The van der Waals surface area contributed by atoms with Gasteiger partial charge in [-0.05, 0) is 13.8 Å². The molecule has 0 aromatic heterocycles. The van der Waals surface area contributed by atoms with E-state index in [9.17, 15) is 9.59 Å². The Morgan fingerprint density at radius 3 is 1.73 bits per heavy atom. The quantitative estimate of drug-likeness (QED) is 0.290. The number of hydrogen-bond acceptors (Lipinski definition) is 5. The van der Waals surface area contributed by atoms with E-state index in [2.05, 4.69) is 0 Å². The number of esters is 2. The number of nitrogens with zero attached hydrogens (tertiary/aromatic N) is 1. The van der Waals surface area contributed by atoms with Crippen molar-refractivity contribution in [2.24, 2.45) is 0 Å².